The minimum Gasteiger partial charge on any atom is -0.383 e. The molecule has 0 aliphatic carbocycles. The predicted molar refractivity (Wildman–Crippen MR) is 84.9 cm³/mol. The highest BCUT2D eigenvalue weighted by Crippen LogP contribution is 2.30. The van der Waals surface area contributed by atoms with Crippen molar-refractivity contribution in [1.82, 2.24) is 10.3 Å². The molecule has 0 bridgehead atoms. The van der Waals surface area contributed by atoms with Gasteiger partial charge in [-0.25, -0.2) is 4.98 Å². The average Bonchev–Trinajstić information content (AvgIpc) is 2.81. The van der Waals surface area contributed by atoms with Gasteiger partial charge in [-0.2, -0.15) is 0 Å². The van der Waals surface area contributed by atoms with Gasteiger partial charge in [-0.15, -0.1) is 11.3 Å². The lowest BCUT2D eigenvalue weighted by molar-refractivity contribution is 0.190. The highest BCUT2D eigenvalue weighted by atomic mass is 32.1. The number of anilines is 1. The van der Waals surface area contributed by atoms with Gasteiger partial charge in [-0.05, 0) is 20.4 Å². The second kappa shape index (κ2) is 9.28. The van der Waals surface area contributed by atoms with Crippen molar-refractivity contribution in [2.75, 3.05) is 52.0 Å². The van der Waals surface area contributed by atoms with Gasteiger partial charge in [-0.3, -0.25) is 0 Å². The molecule has 116 valence electrons. The van der Waals surface area contributed by atoms with Crippen LogP contribution in [0.1, 0.15) is 30.5 Å². The predicted octanol–water partition coefficient (Wildman–Crippen LogP) is 2.22. The lowest BCUT2D eigenvalue weighted by Crippen LogP contribution is -2.30. The molecule has 6 heteroatoms. The van der Waals surface area contributed by atoms with Crippen LogP contribution in [0.3, 0.4) is 0 Å². The Balaban J connectivity index is 2.82. The number of thiazole rings is 1. The highest BCUT2D eigenvalue weighted by molar-refractivity contribution is 7.15. The fourth-order valence-electron chi connectivity index (χ4n) is 2.04. The third-order valence-corrected chi connectivity index (χ3v) is 4.53. The standard InChI is InChI=1S/C14H27N3O2S/c1-6-15-11(2)13-12(3)16-14(20-13)17(7-9-18-4)8-10-19-5/h11,15H,6-10H2,1-5H3. The fraction of sp³-hybridized carbons (Fsp3) is 0.786. The monoisotopic (exact) mass is 301 g/mol. The van der Waals surface area contributed by atoms with E-state index in [2.05, 4.69) is 31.0 Å². The maximum Gasteiger partial charge on any atom is 0.185 e. The molecule has 0 saturated carbocycles. The topological polar surface area (TPSA) is 46.6 Å². The maximum absolute atomic E-state index is 5.18. The summed E-state index contributed by atoms with van der Waals surface area (Å²) in [4.78, 5) is 8.25. The fourth-order valence-corrected chi connectivity index (χ4v) is 3.18. The minimum atomic E-state index is 0.345. The van der Waals surface area contributed by atoms with E-state index < -0.39 is 0 Å². The largest absolute Gasteiger partial charge is 0.383 e. The molecule has 20 heavy (non-hydrogen) atoms. The molecular formula is C14H27N3O2S. The quantitative estimate of drug-likeness (QED) is 0.718. The Morgan fingerprint density at radius 1 is 1.25 bits per heavy atom. The Morgan fingerprint density at radius 3 is 2.35 bits per heavy atom. The van der Waals surface area contributed by atoms with Crippen molar-refractivity contribution in [3.63, 3.8) is 0 Å². The summed E-state index contributed by atoms with van der Waals surface area (Å²) < 4.78 is 10.4. The number of aryl methyl sites for hydroxylation is 1. The summed E-state index contributed by atoms with van der Waals surface area (Å²) in [7, 11) is 3.44. The van der Waals surface area contributed by atoms with Crippen molar-refractivity contribution in [3.05, 3.63) is 10.6 Å². The number of nitrogens with zero attached hydrogens (tertiary/aromatic N) is 2. The summed E-state index contributed by atoms with van der Waals surface area (Å²) in [6, 6.07) is 0.345. The van der Waals surface area contributed by atoms with E-state index in [1.54, 1.807) is 25.6 Å². The number of rotatable bonds is 10. The zero-order chi connectivity index (χ0) is 15.0. The third-order valence-electron chi connectivity index (χ3n) is 3.13. The van der Waals surface area contributed by atoms with Crippen molar-refractivity contribution in [2.24, 2.45) is 0 Å². The molecular weight excluding hydrogens is 274 g/mol. The van der Waals surface area contributed by atoms with Crippen LogP contribution in [0.25, 0.3) is 0 Å². The first-order valence-corrected chi connectivity index (χ1v) is 7.89. The van der Waals surface area contributed by atoms with Gasteiger partial charge in [0.25, 0.3) is 0 Å². The molecule has 0 radical (unpaired) electrons. The summed E-state index contributed by atoms with van der Waals surface area (Å²) in [6.45, 7) is 10.4. The van der Waals surface area contributed by atoms with Gasteiger partial charge in [0, 0.05) is 38.2 Å². The normalized spacial score (nSPS) is 12.7. The first-order valence-electron chi connectivity index (χ1n) is 7.07. The van der Waals surface area contributed by atoms with Crippen LogP contribution in [-0.4, -0.2) is 52.1 Å². The highest BCUT2D eigenvalue weighted by Gasteiger charge is 2.17. The van der Waals surface area contributed by atoms with Crippen LogP contribution in [0, 0.1) is 6.92 Å². The van der Waals surface area contributed by atoms with Gasteiger partial charge in [0.15, 0.2) is 5.13 Å². The van der Waals surface area contributed by atoms with E-state index in [-0.39, 0.29) is 0 Å². The Bertz CT molecular complexity index is 376. The van der Waals surface area contributed by atoms with E-state index in [1.165, 1.54) is 4.88 Å². The van der Waals surface area contributed by atoms with Crippen molar-refractivity contribution >= 4 is 16.5 Å². The van der Waals surface area contributed by atoms with E-state index in [0.717, 1.165) is 30.5 Å². The molecule has 0 aliphatic heterocycles. The van der Waals surface area contributed by atoms with Crippen molar-refractivity contribution in [1.29, 1.82) is 0 Å². The summed E-state index contributed by atoms with van der Waals surface area (Å²) in [6.07, 6.45) is 0. The Morgan fingerprint density at radius 2 is 1.85 bits per heavy atom. The second-order valence-corrected chi connectivity index (χ2v) is 5.71. The zero-order valence-corrected chi connectivity index (χ0v) is 14.0. The lowest BCUT2D eigenvalue weighted by atomic mass is 10.2. The van der Waals surface area contributed by atoms with Crippen LogP contribution >= 0.6 is 11.3 Å². The number of hydrogen-bond acceptors (Lipinski definition) is 6. The zero-order valence-electron chi connectivity index (χ0n) is 13.2. The van der Waals surface area contributed by atoms with Crippen molar-refractivity contribution in [3.8, 4) is 0 Å². The maximum atomic E-state index is 5.18. The number of hydrogen-bond donors (Lipinski definition) is 1. The summed E-state index contributed by atoms with van der Waals surface area (Å²) in [5.41, 5.74) is 1.11. The number of aromatic nitrogens is 1. The van der Waals surface area contributed by atoms with Crippen LogP contribution in [-0.2, 0) is 9.47 Å². The minimum absolute atomic E-state index is 0.345. The lowest BCUT2D eigenvalue weighted by Gasteiger charge is -2.20. The van der Waals surface area contributed by atoms with Crippen LogP contribution in [0.5, 0.6) is 0 Å². The molecule has 0 aromatic carbocycles. The number of ether oxygens (including phenoxy) is 2. The van der Waals surface area contributed by atoms with Gasteiger partial charge in [0.05, 0.1) is 18.9 Å². The van der Waals surface area contributed by atoms with E-state index in [4.69, 9.17) is 14.5 Å². The van der Waals surface area contributed by atoms with E-state index in [0.29, 0.717) is 19.3 Å². The summed E-state index contributed by atoms with van der Waals surface area (Å²) in [5, 5.41) is 4.50. The molecule has 1 atom stereocenters. The van der Waals surface area contributed by atoms with Crippen LogP contribution in [0.2, 0.25) is 0 Å². The molecule has 1 unspecified atom stereocenters. The Hall–Kier alpha value is -0.690. The van der Waals surface area contributed by atoms with E-state index >= 15 is 0 Å². The Kier molecular flexibility index (Phi) is 8.06. The molecule has 0 spiro atoms. The van der Waals surface area contributed by atoms with Gasteiger partial charge < -0.3 is 19.7 Å². The first-order chi connectivity index (χ1) is 9.63. The third kappa shape index (κ3) is 5.01. The second-order valence-electron chi connectivity index (χ2n) is 4.70. The Labute approximate surface area is 126 Å². The molecule has 0 aliphatic rings. The SMILES string of the molecule is CCNC(C)c1sc(N(CCOC)CCOC)nc1C. The first kappa shape index (κ1) is 17.4. The molecule has 0 fully saturated rings. The molecule has 0 saturated heterocycles. The van der Waals surface area contributed by atoms with Gasteiger partial charge in [-0.1, -0.05) is 6.92 Å². The average molecular weight is 301 g/mol. The smallest absolute Gasteiger partial charge is 0.185 e. The van der Waals surface area contributed by atoms with E-state index in [1.807, 2.05) is 0 Å². The number of methoxy groups -OCH3 is 2. The molecule has 1 rings (SSSR count). The van der Waals surface area contributed by atoms with Crippen LogP contribution < -0.4 is 10.2 Å². The molecule has 1 aromatic heterocycles. The molecule has 1 heterocycles. The molecule has 1 aromatic rings. The van der Waals surface area contributed by atoms with Crippen LogP contribution in [0.15, 0.2) is 0 Å². The van der Waals surface area contributed by atoms with Gasteiger partial charge >= 0.3 is 0 Å². The summed E-state index contributed by atoms with van der Waals surface area (Å²) in [5.74, 6) is 0. The summed E-state index contributed by atoms with van der Waals surface area (Å²) >= 11 is 1.76. The number of nitrogens with one attached hydrogen (secondary N) is 1. The molecule has 0 amide bonds. The van der Waals surface area contributed by atoms with Crippen molar-refractivity contribution in [2.45, 2.75) is 26.8 Å². The van der Waals surface area contributed by atoms with Crippen molar-refractivity contribution < 1.29 is 9.47 Å². The van der Waals surface area contributed by atoms with Gasteiger partial charge in [0.2, 0.25) is 0 Å². The van der Waals surface area contributed by atoms with E-state index in [9.17, 15) is 0 Å². The van der Waals surface area contributed by atoms with Crippen LogP contribution in [0.4, 0.5) is 5.13 Å². The van der Waals surface area contributed by atoms with Gasteiger partial charge in [0.1, 0.15) is 0 Å². The molecule has 5 nitrogen and oxygen atoms in total. The molecule has 1 N–H and O–H groups in total.